The number of rotatable bonds is 5. The van der Waals surface area contributed by atoms with E-state index < -0.39 is 17.5 Å². The van der Waals surface area contributed by atoms with Gasteiger partial charge in [0.2, 0.25) is 5.91 Å². The summed E-state index contributed by atoms with van der Waals surface area (Å²) in [7, 11) is 1.47. The summed E-state index contributed by atoms with van der Waals surface area (Å²) < 4.78 is 5.03. The average molecular weight is 365 g/mol. The molecule has 0 spiro atoms. The van der Waals surface area contributed by atoms with Crippen LogP contribution in [0.5, 0.6) is 0 Å². The van der Waals surface area contributed by atoms with Crippen LogP contribution in [0.3, 0.4) is 0 Å². The van der Waals surface area contributed by atoms with Gasteiger partial charge < -0.3 is 15.0 Å². The molecule has 1 saturated heterocycles. The maximum Gasteiger partial charge on any atom is 0.325 e. The quantitative estimate of drug-likeness (QED) is 0.803. The highest BCUT2D eigenvalue weighted by atomic mass is 32.1. The molecule has 8 heteroatoms. The molecule has 1 aromatic heterocycles. The first kappa shape index (κ1) is 17.9. The standard InChI is InChI=1S/C17H23N3O4S/c1-4-12-11-6-8-25-13(11)5-7-19(12)14(21)9-20-15(22)17(2,10-24-3)18-16(20)23/h6,8,12H,4-5,7,9-10H2,1-3H3,(H,18,23). The summed E-state index contributed by atoms with van der Waals surface area (Å²) in [4.78, 5) is 41.7. The van der Waals surface area contributed by atoms with Gasteiger partial charge in [0.15, 0.2) is 0 Å². The Labute approximate surface area is 150 Å². The van der Waals surface area contributed by atoms with Crippen molar-refractivity contribution in [2.45, 2.75) is 38.3 Å². The molecule has 136 valence electrons. The van der Waals surface area contributed by atoms with E-state index in [0.29, 0.717) is 6.54 Å². The summed E-state index contributed by atoms with van der Waals surface area (Å²) in [6.45, 7) is 4.10. The Bertz CT molecular complexity index is 704. The second kappa shape index (κ2) is 6.76. The van der Waals surface area contributed by atoms with E-state index in [1.54, 1.807) is 23.2 Å². The zero-order valence-corrected chi connectivity index (χ0v) is 15.5. The maximum atomic E-state index is 12.8. The van der Waals surface area contributed by atoms with Crippen LogP contribution in [0.1, 0.15) is 36.8 Å². The fraction of sp³-hybridized carbons (Fsp3) is 0.588. The molecule has 1 N–H and O–H groups in total. The van der Waals surface area contributed by atoms with Gasteiger partial charge in [-0.05, 0) is 36.8 Å². The molecule has 25 heavy (non-hydrogen) atoms. The summed E-state index contributed by atoms with van der Waals surface area (Å²) in [5.41, 5.74) is 0.0760. The molecule has 0 aromatic carbocycles. The lowest BCUT2D eigenvalue weighted by Gasteiger charge is -2.36. The van der Waals surface area contributed by atoms with E-state index in [0.717, 1.165) is 17.7 Å². The van der Waals surface area contributed by atoms with Gasteiger partial charge in [-0.3, -0.25) is 14.5 Å². The number of amides is 4. The number of hydrogen-bond acceptors (Lipinski definition) is 5. The van der Waals surface area contributed by atoms with E-state index in [2.05, 4.69) is 16.8 Å². The number of fused-ring (bicyclic) bond motifs is 1. The van der Waals surface area contributed by atoms with Gasteiger partial charge in [-0.1, -0.05) is 6.92 Å². The van der Waals surface area contributed by atoms with E-state index in [1.807, 2.05) is 6.92 Å². The molecule has 2 atom stereocenters. The van der Waals surface area contributed by atoms with Crippen molar-refractivity contribution in [2.75, 3.05) is 26.8 Å². The predicted molar refractivity (Wildman–Crippen MR) is 93.3 cm³/mol. The lowest BCUT2D eigenvalue weighted by atomic mass is 9.97. The Morgan fingerprint density at radius 3 is 2.92 bits per heavy atom. The third-order valence-electron chi connectivity index (χ3n) is 4.87. The Hall–Kier alpha value is -1.93. The Balaban J connectivity index is 1.74. The lowest BCUT2D eigenvalue weighted by molar-refractivity contribution is -0.141. The van der Waals surface area contributed by atoms with Gasteiger partial charge >= 0.3 is 6.03 Å². The van der Waals surface area contributed by atoms with E-state index >= 15 is 0 Å². The zero-order chi connectivity index (χ0) is 18.2. The summed E-state index contributed by atoms with van der Waals surface area (Å²) in [6.07, 6.45) is 1.62. The van der Waals surface area contributed by atoms with Crippen molar-refractivity contribution >= 4 is 29.2 Å². The number of imide groups is 1. The lowest BCUT2D eigenvalue weighted by Crippen LogP contribution is -2.49. The van der Waals surface area contributed by atoms with Crippen LogP contribution in [0.25, 0.3) is 0 Å². The number of nitrogens with one attached hydrogen (secondary N) is 1. The SMILES string of the molecule is CCC1c2ccsc2CCN1C(=O)CN1C(=O)NC(C)(COC)C1=O. The van der Waals surface area contributed by atoms with Crippen molar-refractivity contribution in [3.63, 3.8) is 0 Å². The zero-order valence-electron chi connectivity index (χ0n) is 14.7. The molecular weight excluding hydrogens is 342 g/mol. The molecule has 1 aromatic rings. The second-order valence-corrected chi connectivity index (χ2v) is 7.65. The van der Waals surface area contributed by atoms with Gasteiger partial charge in [0.1, 0.15) is 12.1 Å². The Morgan fingerprint density at radius 2 is 2.24 bits per heavy atom. The van der Waals surface area contributed by atoms with Crippen LogP contribution in [0.2, 0.25) is 0 Å². The Morgan fingerprint density at radius 1 is 1.48 bits per heavy atom. The minimum atomic E-state index is -1.11. The number of carbonyl (C=O) groups is 3. The molecule has 3 heterocycles. The molecule has 2 aliphatic heterocycles. The average Bonchev–Trinajstić information content (AvgIpc) is 3.13. The number of ether oxygens (including phenoxy) is 1. The van der Waals surface area contributed by atoms with E-state index in [-0.39, 0.29) is 25.1 Å². The smallest absolute Gasteiger partial charge is 0.325 e. The van der Waals surface area contributed by atoms with Crippen molar-refractivity contribution in [3.8, 4) is 0 Å². The molecule has 1 fully saturated rings. The summed E-state index contributed by atoms with van der Waals surface area (Å²) >= 11 is 1.72. The van der Waals surface area contributed by atoms with Gasteiger partial charge in [0, 0.05) is 18.5 Å². The number of thiophene rings is 1. The highest BCUT2D eigenvalue weighted by Gasteiger charge is 2.49. The molecule has 7 nitrogen and oxygen atoms in total. The minimum absolute atomic E-state index is 0.00799. The third-order valence-corrected chi connectivity index (χ3v) is 5.87. The van der Waals surface area contributed by atoms with Crippen molar-refractivity contribution in [1.29, 1.82) is 0 Å². The molecule has 0 saturated carbocycles. The summed E-state index contributed by atoms with van der Waals surface area (Å²) in [5, 5.41) is 4.67. The van der Waals surface area contributed by atoms with E-state index in [1.165, 1.54) is 17.6 Å². The van der Waals surface area contributed by atoms with Crippen molar-refractivity contribution in [1.82, 2.24) is 15.1 Å². The van der Waals surface area contributed by atoms with Gasteiger partial charge in [-0.2, -0.15) is 0 Å². The van der Waals surface area contributed by atoms with E-state index in [9.17, 15) is 14.4 Å². The predicted octanol–water partition coefficient (Wildman–Crippen LogP) is 1.54. The van der Waals surface area contributed by atoms with Crippen molar-refractivity contribution in [3.05, 3.63) is 21.9 Å². The number of urea groups is 1. The van der Waals surface area contributed by atoms with Crippen molar-refractivity contribution < 1.29 is 19.1 Å². The van der Waals surface area contributed by atoms with Crippen molar-refractivity contribution in [2.24, 2.45) is 0 Å². The van der Waals surface area contributed by atoms with Gasteiger partial charge in [0.25, 0.3) is 5.91 Å². The number of methoxy groups -OCH3 is 1. The molecule has 0 bridgehead atoms. The molecule has 2 aliphatic rings. The Kier molecular flexibility index (Phi) is 4.83. The topological polar surface area (TPSA) is 79.0 Å². The maximum absolute atomic E-state index is 12.8. The van der Waals surface area contributed by atoms with Crippen LogP contribution in [-0.2, 0) is 20.7 Å². The third kappa shape index (κ3) is 3.04. The number of hydrogen-bond donors (Lipinski definition) is 1. The number of nitrogens with zero attached hydrogens (tertiary/aromatic N) is 2. The second-order valence-electron chi connectivity index (χ2n) is 6.65. The van der Waals surface area contributed by atoms with Gasteiger partial charge in [-0.25, -0.2) is 4.79 Å². The fourth-order valence-electron chi connectivity index (χ4n) is 3.64. The highest BCUT2D eigenvalue weighted by molar-refractivity contribution is 7.10. The first-order chi connectivity index (χ1) is 11.9. The first-order valence-electron chi connectivity index (χ1n) is 8.40. The van der Waals surface area contributed by atoms with Crippen LogP contribution < -0.4 is 5.32 Å². The van der Waals surface area contributed by atoms with Gasteiger partial charge in [-0.15, -0.1) is 11.3 Å². The first-order valence-corrected chi connectivity index (χ1v) is 9.28. The highest BCUT2D eigenvalue weighted by Crippen LogP contribution is 2.35. The minimum Gasteiger partial charge on any atom is -0.382 e. The largest absolute Gasteiger partial charge is 0.382 e. The molecule has 0 radical (unpaired) electrons. The van der Waals surface area contributed by atoms with Crippen LogP contribution in [0.15, 0.2) is 11.4 Å². The molecule has 2 unspecified atom stereocenters. The molecular formula is C17H23N3O4S. The normalized spacial score (nSPS) is 26.0. The number of carbonyl (C=O) groups excluding carboxylic acids is 3. The molecule has 4 amide bonds. The van der Waals surface area contributed by atoms with Crippen LogP contribution in [0, 0.1) is 0 Å². The van der Waals surface area contributed by atoms with Crippen LogP contribution in [0.4, 0.5) is 4.79 Å². The van der Waals surface area contributed by atoms with E-state index in [4.69, 9.17) is 4.74 Å². The van der Waals surface area contributed by atoms with Gasteiger partial charge in [0.05, 0.1) is 12.6 Å². The summed E-state index contributed by atoms with van der Waals surface area (Å²) in [5.74, 6) is -0.622. The molecule has 0 aliphatic carbocycles. The monoisotopic (exact) mass is 365 g/mol. The fourth-order valence-corrected chi connectivity index (χ4v) is 4.57. The molecule has 3 rings (SSSR count). The summed E-state index contributed by atoms with van der Waals surface area (Å²) in [6, 6.07) is 1.53. The van der Waals surface area contributed by atoms with Crippen LogP contribution >= 0.6 is 11.3 Å². The van der Waals surface area contributed by atoms with Crippen LogP contribution in [-0.4, -0.2) is 60.0 Å².